The van der Waals surface area contributed by atoms with Gasteiger partial charge in [-0.15, -0.1) is 0 Å². The van der Waals surface area contributed by atoms with E-state index < -0.39 is 5.54 Å². The van der Waals surface area contributed by atoms with E-state index in [0.717, 1.165) is 38.5 Å². The molecule has 1 N–H and O–H groups in total. The minimum absolute atomic E-state index is 0.158. The molecule has 1 fully saturated rings. The number of nitrogens with zero attached hydrogens (tertiary/aromatic N) is 1. The molecule has 0 amide bonds. The summed E-state index contributed by atoms with van der Waals surface area (Å²) in [5.74, 6) is 0.622. The second-order valence-corrected chi connectivity index (χ2v) is 5.65. The molecule has 4 heteroatoms. The van der Waals surface area contributed by atoms with Gasteiger partial charge in [-0.05, 0) is 45.2 Å². The van der Waals surface area contributed by atoms with E-state index in [1.807, 2.05) is 13.8 Å². The van der Waals surface area contributed by atoms with Gasteiger partial charge < -0.3 is 15.0 Å². The fourth-order valence-corrected chi connectivity index (χ4v) is 2.75. The highest BCUT2D eigenvalue weighted by atomic mass is 16.5. The number of hydrogen-bond donors (Lipinski definition) is 1. The number of likely N-dealkylation sites (N-methyl/N-ethyl adjacent to an activating group) is 1. The summed E-state index contributed by atoms with van der Waals surface area (Å²) < 4.78 is 4.91. The van der Waals surface area contributed by atoms with Crippen molar-refractivity contribution in [2.75, 3.05) is 33.3 Å². The maximum atomic E-state index is 11.9. The zero-order valence-electron chi connectivity index (χ0n) is 12.3. The Bertz CT molecular complexity index is 271. The average molecular weight is 256 g/mol. The molecule has 1 saturated heterocycles. The van der Waals surface area contributed by atoms with Crippen LogP contribution in [0.5, 0.6) is 0 Å². The number of hydrogen-bond acceptors (Lipinski definition) is 4. The number of piperidine rings is 1. The van der Waals surface area contributed by atoms with Gasteiger partial charge in [-0.1, -0.05) is 13.8 Å². The first-order valence-electron chi connectivity index (χ1n) is 7.07. The Labute approximate surface area is 111 Å². The van der Waals surface area contributed by atoms with Gasteiger partial charge in [0.15, 0.2) is 0 Å². The maximum Gasteiger partial charge on any atom is 0.325 e. The van der Waals surface area contributed by atoms with Gasteiger partial charge in [0.25, 0.3) is 0 Å². The van der Waals surface area contributed by atoms with Crippen LogP contribution in [0.2, 0.25) is 0 Å². The van der Waals surface area contributed by atoms with Crippen LogP contribution in [-0.4, -0.2) is 49.7 Å². The van der Waals surface area contributed by atoms with Crippen LogP contribution >= 0.6 is 0 Å². The predicted molar refractivity (Wildman–Crippen MR) is 73.6 cm³/mol. The van der Waals surface area contributed by atoms with E-state index >= 15 is 0 Å². The highest BCUT2D eigenvalue weighted by molar-refractivity contribution is 5.80. The fraction of sp³-hybridized carbons (Fsp3) is 0.929. The Kier molecular flexibility index (Phi) is 6.09. The molecule has 0 saturated carbocycles. The van der Waals surface area contributed by atoms with Gasteiger partial charge in [0.1, 0.15) is 5.54 Å². The first kappa shape index (κ1) is 15.4. The molecule has 0 aromatic carbocycles. The van der Waals surface area contributed by atoms with E-state index in [9.17, 15) is 4.79 Å². The maximum absolute atomic E-state index is 11.9. The van der Waals surface area contributed by atoms with Crippen molar-refractivity contribution in [3.05, 3.63) is 0 Å². The third kappa shape index (κ3) is 4.25. The Morgan fingerprint density at radius 1 is 1.56 bits per heavy atom. The van der Waals surface area contributed by atoms with Crippen LogP contribution in [0.3, 0.4) is 0 Å². The van der Waals surface area contributed by atoms with Crippen LogP contribution in [0.25, 0.3) is 0 Å². The number of rotatable bonds is 6. The number of nitrogens with one attached hydrogen (secondary N) is 1. The standard InChI is InChI=1S/C14H28N2O2/c1-5-15-14(3,13(17)18-4)8-10-16-9-6-7-12(2)11-16/h12,15H,5-11H2,1-4H3. The van der Waals surface area contributed by atoms with Crippen molar-refractivity contribution in [3.63, 3.8) is 0 Å². The van der Waals surface area contributed by atoms with E-state index in [1.165, 1.54) is 20.0 Å². The molecule has 0 bridgehead atoms. The second kappa shape index (κ2) is 7.10. The summed E-state index contributed by atoms with van der Waals surface area (Å²) in [5, 5.41) is 3.26. The van der Waals surface area contributed by atoms with E-state index in [-0.39, 0.29) is 5.97 Å². The normalized spacial score (nSPS) is 24.6. The van der Waals surface area contributed by atoms with Crippen molar-refractivity contribution < 1.29 is 9.53 Å². The first-order valence-corrected chi connectivity index (χ1v) is 7.07. The van der Waals surface area contributed by atoms with Gasteiger partial charge in [0.05, 0.1) is 7.11 Å². The van der Waals surface area contributed by atoms with Crippen LogP contribution in [0.1, 0.15) is 40.0 Å². The zero-order valence-corrected chi connectivity index (χ0v) is 12.3. The minimum atomic E-state index is -0.551. The van der Waals surface area contributed by atoms with Crippen molar-refractivity contribution in [3.8, 4) is 0 Å². The third-order valence-corrected chi connectivity index (χ3v) is 3.87. The lowest BCUT2D eigenvalue weighted by Crippen LogP contribution is -2.52. The number of esters is 1. The molecule has 1 aliphatic rings. The summed E-state index contributed by atoms with van der Waals surface area (Å²) in [5.41, 5.74) is -0.551. The Hall–Kier alpha value is -0.610. The molecule has 0 radical (unpaired) electrons. The van der Waals surface area contributed by atoms with Crippen molar-refractivity contribution in [1.29, 1.82) is 0 Å². The van der Waals surface area contributed by atoms with Gasteiger partial charge in [-0.3, -0.25) is 4.79 Å². The summed E-state index contributed by atoms with van der Waals surface area (Å²) in [4.78, 5) is 14.3. The summed E-state index contributed by atoms with van der Waals surface area (Å²) >= 11 is 0. The molecule has 4 nitrogen and oxygen atoms in total. The van der Waals surface area contributed by atoms with E-state index in [1.54, 1.807) is 0 Å². The molecule has 0 aromatic rings. The summed E-state index contributed by atoms with van der Waals surface area (Å²) in [7, 11) is 1.46. The van der Waals surface area contributed by atoms with Crippen LogP contribution in [0.15, 0.2) is 0 Å². The van der Waals surface area contributed by atoms with Crippen LogP contribution < -0.4 is 5.32 Å². The third-order valence-electron chi connectivity index (χ3n) is 3.87. The van der Waals surface area contributed by atoms with Crippen LogP contribution in [-0.2, 0) is 9.53 Å². The van der Waals surface area contributed by atoms with Crippen molar-refractivity contribution in [1.82, 2.24) is 10.2 Å². The van der Waals surface area contributed by atoms with E-state index in [4.69, 9.17) is 4.74 Å². The molecule has 2 unspecified atom stereocenters. The van der Waals surface area contributed by atoms with Crippen LogP contribution in [0, 0.1) is 5.92 Å². The number of methoxy groups -OCH3 is 1. The largest absolute Gasteiger partial charge is 0.468 e. The molecule has 18 heavy (non-hydrogen) atoms. The molecule has 106 valence electrons. The number of carbonyl (C=O) groups excluding carboxylic acids is 1. The molecule has 0 aromatic heterocycles. The van der Waals surface area contributed by atoms with Crippen molar-refractivity contribution in [2.24, 2.45) is 5.92 Å². The SMILES string of the molecule is CCNC(C)(CCN1CCCC(C)C1)C(=O)OC. The lowest BCUT2D eigenvalue weighted by molar-refractivity contribution is -0.148. The van der Waals surface area contributed by atoms with E-state index in [2.05, 4.69) is 17.1 Å². The highest BCUT2D eigenvalue weighted by Gasteiger charge is 2.33. The molecular weight excluding hydrogens is 228 g/mol. The molecular formula is C14H28N2O2. The molecule has 0 spiro atoms. The average Bonchev–Trinajstić information content (AvgIpc) is 2.36. The lowest BCUT2D eigenvalue weighted by atomic mass is 9.95. The van der Waals surface area contributed by atoms with Gasteiger partial charge >= 0.3 is 5.97 Å². The van der Waals surface area contributed by atoms with Crippen LogP contribution in [0.4, 0.5) is 0 Å². The molecule has 2 atom stereocenters. The predicted octanol–water partition coefficient (Wildman–Crippen LogP) is 1.65. The first-order chi connectivity index (χ1) is 8.51. The minimum Gasteiger partial charge on any atom is -0.468 e. The number of ether oxygens (including phenoxy) is 1. The summed E-state index contributed by atoms with van der Waals surface area (Å²) in [6.07, 6.45) is 3.41. The monoisotopic (exact) mass is 256 g/mol. The summed E-state index contributed by atoms with van der Waals surface area (Å²) in [6, 6.07) is 0. The number of carbonyl (C=O) groups is 1. The van der Waals surface area contributed by atoms with Gasteiger partial charge in [-0.2, -0.15) is 0 Å². The number of likely N-dealkylation sites (tertiary alicyclic amines) is 1. The van der Waals surface area contributed by atoms with Crippen molar-refractivity contribution >= 4 is 5.97 Å². The van der Waals surface area contributed by atoms with Gasteiger partial charge in [-0.25, -0.2) is 0 Å². The van der Waals surface area contributed by atoms with Crippen molar-refractivity contribution in [2.45, 2.75) is 45.6 Å². The zero-order chi connectivity index (χ0) is 13.6. The lowest BCUT2D eigenvalue weighted by Gasteiger charge is -2.34. The van der Waals surface area contributed by atoms with Gasteiger partial charge in [0, 0.05) is 13.1 Å². The molecule has 1 rings (SSSR count). The topological polar surface area (TPSA) is 41.6 Å². The van der Waals surface area contributed by atoms with Gasteiger partial charge in [0.2, 0.25) is 0 Å². The Morgan fingerprint density at radius 2 is 2.28 bits per heavy atom. The fourth-order valence-electron chi connectivity index (χ4n) is 2.75. The smallest absolute Gasteiger partial charge is 0.325 e. The molecule has 1 heterocycles. The Balaban J connectivity index is 2.48. The second-order valence-electron chi connectivity index (χ2n) is 5.65. The van der Waals surface area contributed by atoms with E-state index in [0.29, 0.717) is 0 Å². The highest BCUT2D eigenvalue weighted by Crippen LogP contribution is 2.18. The quantitative estimate of drug-likeness (QED) is 0.734. The summed E-state index contributed by atoms with van der Waals surface area (Å²) in [6.45, 7) is 10.3. The molecule has 0 aliphatic carbocycles. The Morgan fingerprint density at radius 3 is 2.83 bits per heavy atom. The molecule has 1 aliphatic heterocycles.